The number of methoxy groups -OCH3 is 1. The Kier molecular flexibility index (Phi) is 4.72. The van der Waals surface area contributed by atoms with Gasteiger partial charge in [-0.1, -0.05) is 38.1 Å². The van der Waals surface area contributed by atoms with E-state index < -0.39 is 11.6 Å². The summed E-state index contributed by atoms with van der Waals surface area (Å²) in [7, 11) is 1.54. The molecule has 2 aromatic carbocycles. The molecule has 0 bridgehead atoms. The van der Waals surface area contributed by atoms with Crippen LogP contribution in [0, 0.1) is 0 Å². The van der Waals surface area contributed by atoms with E-state index in [1.807, 2.05) is 18.2 Å². The number of carbonyl (C=O) groups is 2. The van der Waals surface area contributed by atoms with Gasteiger partial charge in [-0.2, -0.15) is 0 Å². The number of anilines is 1. The van der Waals surface area contributed by atoms with Crippen LogP contribution in [0.4, 0.5) is 5.69 Å². The lowest BCUT2D eigenvalue weighted by molar-refractivity contribution is -0.134. The highest BCUT2D eigenvalue weighted by Gasteiger charge is 2.43. The topological polar surface area (TPSA) is 64.6 Å². The highest BCUT2D eigenvalue weighted by molar-refractivity contribution is 6.03. The van der Waals surface area contributed by atoms with Crippen molar-refractivity contribution in [1.82, 2.24) is 0 Å². The summed E-state index contributed by atoms with van der Waals surface area (Å²) in [5, 5.41) is 2.82. The van der Waals surface area contributed by atoms with E-state index in [-0.39, 0.29) is 5.91 Å². The predicted molar refractivity (Wildman–Crippen MR) is 99.7 cm³/mol. The molecule has 5 nitrogen and oxygen atoms in total. The monoisotopic (exact) mass is 353 g/mol. The predicted octanol–water partition coefficient (Wildman–Crippen LogP) is 3.93. The molecule has 2 aromatic rings. The van der Waals surface area contributed by atoms with Crippen molar-refractivity contribution in [2.24, 2.45) is 0 Å². The quantitative estimate of drug-likeness (QED) is 0.846. The summed E-state index contributed by atoms with van der Waals surface area (Å²) in [4.78, 5) is 25.3. The lowest BCUT2D eigenvalue weighted by Crippen LogP contribution is -2.49. The minimum Gasteiger partial charge on any atom is -0.495 e. The number of benzene rings is 2. The maximum absolute atomic E-state index is 12.9. The summed E-state index contributed by atoms with van der Waals surface area (Å²) in [5.41, 5.74) is 1.76. The van der Waals surface area contributed by atoms with E-state index >= 15 is 0 Å². The van der Waals surface area contributed by atoms with Gasteiger partial charge in [-0.3, -0.25) is 4.79 Å². The van der Waals surface area contributed by atoms with E-state index in [4.69, 9.17) is 9.47 Å². The van der Waals surface area contributed by atoms with Gasteiger partial charge >= 0.3 is 5.97 Å². The van der Waals surface area contributed by atoms with Crippen LogP contribution < -0.4 is 10.1 Å². The Hall–Kier alpha value is -2.82. The van der Waals surface area contributed by atoms with Gasteiger partial charge in [-0.25, -0.2) is 4.79 Å². The fourth-order valence-electron chi connectivity index (χ4n) is 3.11. The van der Waals surface area contributed by atoms with Crippen LogP contribution in [0.25, 0.3) is 0 Å². The van der Waals surface area contributed by atoms with E-state index in [1.54, 1.807) is 31.2 Å². The molecule has 0 saturated carbocycles. The minimum atomic E-state index is -1.28. The van der Waals surface area contributed by atoms with Gasteiger partial charge in [0.05, 0.1) is 18.4 Å². The Bertz CT molecular complexity index is 859. The molecule has 0 radical (unpaired) electrons. The van der Waals surface area contributed by atoms with Gasteiger partial charge in [0.25, 0.3) is 5.91 Å². The lowest BCUT2D eigenvalue weighted by Gasteiger charge is -2.33. The first-order valence-electron chi connectivity index (χ1n) is 8.64. The van der Waals surface area contributed by atoms with E-state index in [0.717, 1.165) is 11.1 Å². The van der Waals surface area contributed by atoms with E-state index in [9.17, 15) is 9.59 Å². The van der Waals surface area contributed by atoms with Crippen LogP contribution in [-0.4, -0.2) is 24.6 Å². The summed E-state index contributed by atoms with van der Waals surface area (Å²) >= 11 is 0. The van der Waals surface area contributed by atoms with Crippen molar-refractivity contribution in [3.8, 4) is 5.75 Å². The van der Waals surface area contributed by atoms with Crippen molar-refractivity contribution in [3.63, 3.8) is 0 Å². The van der Waals surface area contributed by atoms with Gasteiger partial charge in [0.15, 0.2) is 5.60 Å². The van der Waals surface area contributed by atoms with Crippen LogP contribution in [-0.2, 0) is 16.0 Å². The lowest BCUT2D eigenvalue weighted by atomic mass is 9.86. The summed E-state index contributed by atoms with van der Waals surface area (Å²) in [6.07, 6.45) is 0.329. The first-order chi connectivity index (χ1) is 12.3. The first kappa shape index (κ1) is 18.0. The fraction of sp³-hybridized carbons (Fsp3) is 0.333. The molecule has 3 rings (SSSR count). The zero-order valence-corrected chi connectivity index (χ0v) is 15.5. The Morgan fingerprint density at radius 2 is 1.96 bits per heavy atom. The molecule has 1 atom stereocenters. The number of fused-ring (bicyclic) bond motifs is 1. The number of hydrogen-bond donors (Lipinski definition) is 1. The summed E-state index contributed by atoms with van der Waals surface area (Å²) in [6, 6.07) is 12.8. The normalized spacial score (nSPS) is 18.9. The standard InChI is InChI=1S/C21H23NO4/c1-13(2)14-9-10-16-15(11-14)12-21(3,26-19(16)23)20(24)22-17-7-5-6-8-18(17)25-4/h5-11,13H,12H2,1-4H3,(H,22,24). The third-order valence-electron chi connectivity index (χ3n) is 4.70. The molecule has 1 unspecified atom stereocenters. The Labute approximate surface area is 153 Å². The number of hydrogen-bond acceptors (Lipinski definition) is 4. The average Bonchev–Trinajstić information content (AvgIpc) is 2.61. The zero-order chi connectivity index (χ0) is 18.9. The van der Waals surface area contributed by atoms with Crippen LogP contribution in [0.15, 0.2) is 42.5 Å². The number of cyclic esters (lactones) is 1. The number of nitrogens with one attached hydrogen (secondary N) is 1. The molecule has 1 aliphatic heterocycles. The molecule has 0 saturated heterocycles. The third kappa shape index (κ3) is 3.29. The summed E-state index contributed by atoms with van der Waals surface area (Å²) in [5.74, 6) is 0.0381. The number of para-hydroxylation sites is 2. The number of amides is 1. The largest absolute Gasteiger partial charge is 0.495 e. The molecule has 1 aliphatic rings. The van der Waals surface area contributed by atoms with Crippen molar-refractivity contribution in [1.29, 1.82) is 0 Å². The molecule has 5 heteroatoms. The second-order valence-electron chi connectivity index (χ2n) is 7.02. The summed E-state index contributed by atoms with van der Waals surface area (Å²) < 4.78 is 10.8. The Morgan fingerprint density at radius 1 is 1.23 bits per heavy atom. The van der Waals surface area contributed by atoms with E-state index in [0.29, 0.717) is 29.3 Å². The molecule has 1 N–H and O–H groups in total. The molecular formula is C21H23NO4. The second-order valence-corrected chi connectivity index (χ2v) is 7.02. The van der Waals surface area contributed by atoms with Crippen LogP contribution >= 0.6 is 0 Å². The van der Waals surface area contributed by atoms with Crippen LogP contribution in [0.1, 0.15) is 48.2 Å². The summed E-state index contributed by atoms with van der Waals surface area (Å²) in [6.45, 7) is 5.83. The fourth-order valence-corrected chi connectivity index (χ4v) is 3.11. The SMILES string of the molecule is COc1ccccc1NC(=O)C1(C)Cc2cc(C(C)C)ccc2C(=O)O1. The van der Waals surface area contributed by atoms with Crippen molar-refractivity contribution >= 4 is 17.6 Å². The van der Waals surface area contributed by atoms with Crippen molar-refractivity contribution < 1.29 is 19.1 Å². The number of carbonyl (C=O) groups excluding carboxylic acids is 2. The van der Waals surface area contributed by atoms with Crippen molar-refractivity contribution in [2.45, 2.75) is 38.7 Å². The highest BCUT2D eigenvalue weighted by atomic mass is 16.6. The molecule has 1 heterocycles. The van der Waals surface area contributed by atoms with Gasteiger partial charge in [0.2, 0.25) is 0 Å². The van der Waals surface area contributed by atoms with Crippen molar-refractivity contribution in [2.75, 3.05) is 12.4 Å². The van der Waals surface area contributed by atoms with Gasteiger partial charge in [-0.15, -0.1) is 0 Å². The Morgan fingerprint density at radius 3 is 2.65 bits per heavy atom. The first-order valence-corrected chi connectivity index (χ1v) is 8.64. The zero-order valence-electron chi connectivity index (χ0n) is 15.5. The number of rotatable bonds is 4. The maximum Gasteiger partial charge on any atom is 0.339 e. The average molecular weight is 353 g/mol. The number of esters is 1. The van der Waals surface area contributed by atoms with Crippen LogP contribution in [0.3, 0.4) is 0 Å². The van der Waals surface area contributed by atoms with Gasteiger partial charge in [0, 0.05) is 6.42 Å². The molecule has 136 valence electrons. The molecular weight excluding hydrogens is 330 g/mol. The van der Waals surface area contributed by atoms with Crippen molar-refractivity contribution in [3.05, 3.63) is 59.2 Å². The van der Waals surface area contributed by atoms with Crippen LogP contribution in [0.2, 0.25) is 0 Å². The molecule has 1 amide bonds. The third-order valence-corrected chi connectivity index (χ3v) is 4.70. The van der Waals surface area contributed by atoms with Crippen LogP contribution in [0.5, 0.6) is 5.75 Å². The van der Waals surface area contributed by atoms with E-state index in [2.05, 4.69) is 19.2 Å². The highest BCUT2D eigenvalue weighted by Crippen LogP contribution is 2.32. The molecule has 0 fully saturated rings. The van der Waals surface area contributed by atoms with Gasteiger partial charge < -0.3 is 14.8 Å². The molecule has 0 aromatic heterocycles. The van der Waals surface area contributed by atoms with Gasteiger partial charge in [0.1, 0.15) is 5.75 Å². The molecule has 26 heavy (non-hydrogen) atoms. The minimum absolute atomic E-state index is 0.329. The smallest absolute Gasteiger partial charge is 0.339 e. The molecule has 0 aliphatic carbocycles. The maximum atomic E-state index is 12.9. The second kappa shape index (κ2) is 6.83. The molecule has 0 spiro atoms. The van der Waals surface area contributed by atoms with E-state index in [1.165, 1.54) is 7.11 Å². The number of ether oxygens (including phenoxy) is 2. The van der Waals surface area contributed by atoms with Gasteiger partial charge in [-0.05, 0) is 42.2 Å². The Balaban J connectivity index is 1.89.